The van der Waals surface area contributed by atoms with Gasteiger partial charge in [0.2, 0.25) is 0 Å². The van der Waals surface area contributed by atoms with Crippen LogP contribution in [0.2, 0.25) is 0 Å². The molecule has 4 nitrogen and oxygen atoms in total. The van der Waals surface area contributed by atoms with Crippen LogP contribution in [-0.2, 0) is 9.47 Å². The second-order valence-corrected chi connectivity index (χ2v) is 7.26. The van der Waals surface area contributed by atoms with Gasteiger partial charge in [-0.15, -0.1) is 11.8 Å². The van der Waals surface area contributed by atoms with Gasteiger partial charge in [0.15, 0.2) is 0 Å². The van der Waals surface area contributed by atoms with Crippen molar-refractivity contribution in [2.75, 3.05) is 25.8 Å². The van der Waals surface area contributed by atoms with E-state index in [9.17, 15) is 4.79 Å². The summed E-state index contributed by atoms with van der Waals surface area (Å²) < 4.78 is 11.7. The molecular weight excluding hydrogens is 310 g/mol. The number of fused-ring (bicyclic) bond motifs is 2. The van der Waals surface area contributed by atoms with Crippen molar-refractivity contribution in [3.05, 3.63) is 35.9 Å². The number of ether oxygens (including phenoxy) is 2. The molecule has 126 valence electrons. The second kappa shape index (κ2) is 7.69. The molecule has 2 saturated heterocycles. The Morgan fingerprint density at radius 3 is 2.83 bits per heavy atom. The van der Waals surface area contributed by atoms with Gasteiger partial charge in [-0.25, -0.2) is 4.79 Å². The Labute approximate surface area is 142 Å². The molecule has 1 aromatic rings. The lowest BCUT2D eigenvalue weighted by molar-refractivity contribution is -0.0568. The number of esters is 1. The number of hydrogen-bond donors (Lipinski definition) is 0. The highest BCUT2D eigenvalue weighted by atomic mass is 32.2. The van der Waals surface area contributed by atoms with Gasteiger partial charge >= 0.3 is 5.97 Å². The molecule has 0 aliphatic carbocycles. The second-order valence-electron chi connectivity index (χ2n) is 6.45. The smallest absolute Gasteiger partial charge is 0.338 e. The Morgan fingerprint density at radius 1 is 1.30 bits per heavy atom. The number of carbonyl (C=O) groups excluding carboxylic acids is 1. The lowest BCUT2D eigenvalue weighted by atomic mass is 9.88. The first-order valence-electron chi connectivity index (χ1n) is 8.25. The Bertz CT molecular complexity index is 524. The summed E-state index contributed by atoms with van der Waals surface area (Å²) in [7, 11) is 2.19. The first-order valence-corrected chi connectivity index (χ1v) is 9.64. The van der Waals surface area contributed by atoms with Crippen LogP contribution < -0.4 is 0 Å². The highest BCUT2D eigenvalue weighted by Gasteiger charge is 2.47. The van der Waals surface area contributed by atoms with Crippen molar-refractivity contribution in [2.45, 2.75) is 37.5 Å². The van der Waals surface area contributed by atoms with Gasteiger partial charge in [0.25, 0.3) is 0 Å². The average molecular weight is 335 g/mol. The maximum Gasteiger partial charge on any atom is 0.338 e. The quantitative estimate of drug-likeness (QED) is 0.454. The van der Waals surface area contributed by atoms with Crippen LogP contribution in [0, 0.1) is 5.92 Å². The SMILES string of the molecule is CSCOCC1C2CC[C@H](C[C@@H]1OC(=O)c1ccccc1)N2C. The zero-order valence-electron chi connectivity index (χ0n) is 13.8. The molecule has 2 bridgehead atoms. The first kappa shape index (κ1) is 16.8. The molecule has 0 radical (unpaired) electrons. The van der Waals surface area contributed by atoms with E-state index in [0.717, 1.165) is 6.42 Å². The van der Waals surface area contributed by atoms with Crippen LogP contribution in [0.15, 0.2) is 30.3 Å². The van der Waals surface area contributed by atoms with Gasteiger partial charge in [-0.2, -0.15) is 0 Å². The molecule has 2 heterocycles. The van der Waals surface area contributed by atoms with Crippen LogP contribution in [0.1, 0.15) is 29.6 Å². The van der Waals surface area contributed by atoms with Crippen LogP contribution in [0.25, 0.3) is 0 Å². The number of thioether (sulfide) groups is 1. The van der Waals surface area contributed by atoms with E-state index in [1.165, 1.54) is 12.8 Å². The summed E-state index contributed by atoms with van der Waals surface area (Å²) in [6.45, 7) is 0.662. The summed E-state index contributed by atoms with van der Waals surface area (Å²) in [5, 5.41) is 0. The largest absolute Gasteiger partial charge is 0.458 e. The molecule has 2 unspecified atom stereocenters. The number of nitrogens with zero attached hydrogens (tertiary/aromatic N) is 1. The van der Waals surface area contributed by atoms with Gasteiger partial charge in [0.05, 0.1) is 18.1 Å². The average Bonchev–Trinajstić information content (AvgIpc) is 2.82. The number of benzene rings is 1. The zero-order chi connectivity index (χ0) is 16.2. The lowest BCUT2D eigenvalue weighted by Gasteiger charge is -2.42. The Kier molecular flexibility index (Phi) is 5.62. The van der Waals surface area contributed by atoms with E-state index in [1.807, 2.05) is 36.6 Å². The fourth-order valence-electron chi connectivity index (χ4n) is 3.93. The van der Waals surface area contributed by atoms with Crippen molar-refractivity contribution < 1.29 is 14.3 Å². The third kappa shape index (κ3) is 3.73. The van der Waals surface area contributed by atoms with Gasteiger partial charge in [-0.3, -0.25) is 4.90 Å². The van der Waals surface area contributed by atoms with Crippen LogP contribution >= 0.6 is 11.8 Å². The first-order chi connectivity index (χ1) is 11.2. The summed E-state index contributed by atoms with van der Waals surface area (Å²) in [6, 6.07) is 10.3. The molecule has 1 aromatic carbocycles. The van der Waals surface area contributed by atoms with E-state index in [4.69, 9.17) is 9.47 Å². The highest BCUT2D eigenvalue weighted by Crippen LogP contribution is 2.40. The van der Waals surface area contributed by atoms with E-state index in [0.29, 0.717) is 30.2 Å². The predicted molar refractivity (Wildman–Crippen MR) is 92.7 cm³/mol. The van der Waals surface area contributed by atoms with Crippen LogP contribution in [-0.4, -0.2) is 54.9 Å². The normalized spacial score (nSPS) is 30.3. The third-order valence-electron chi connectivity index (χ3n) is 5.15. The maximum atomic E-state index is 12.4. The highest BCUT2D eigenvalue weighted by molar-refractivity contribution is 7.98. The molecule has 2 fully saturated rings. The van der Waals surface area contributed by atoms with Crippen molar-refractivity contribution in [3.63, 3.8) is 0 Å². The summed E-state index contributed by atoms with van der Waals surface area (Å²) in [5.41, 5.74) is 0.627. The van der Waals surface area contributed by atoms with Crippen molar-refractivity contribution in [1.82, 2.24) is 4.90 Å². The molecule has 3 rings (SSSR count). The van der Waals surface area contributed by atoms with Crippen LogP contribution in [0.5, 0.6) is 0 Å². The molecule has 4 atom stereocenters. The number of rotatable bonds is 6. The van der Waals surface area contributed by atoms with E-state index >= 15 is 0 Å². The molecule has 23 heavy (non-hydrogen) atoms. The van der Waals surface area contributed by atoms with Gasteiger partial charge < -0.3 is 9.47 Å². The fraction of sp³-hybridized carbons (Fsp3) is 0.611. The van der Waals surface area contributed by atoms with Crippen LogP contribution in [0.4, 0.5) is 0 Å². The van der Waals surface area contributed by atoms with E-state index in [1.54, 1.807) is 11.8 Å². The molecule has 0 amide bonds. The van der Waals surface area contributed by atoms with Crippen molar-refractivity contribution in [1.29, 1.82) is 0 Å². The Morgan fingerprint density at radius 2 is 2.09 bits per heavy atom. The predicted octanol–water partition coefficient (Wildman–Crippen LogP) is 3.03. The summed E-state index contributed by atoms with van der Waals surface area (Å²) in [6.07, 6.45) is 5.27. The molecule has 0 spiro atoms. The monoisotopic (exact) mass is 335 g/mol. The number of hydrogen-bond acceptors (Lipinski definition) is 5. The Balaban J connectivity index is 1.69. The van der Waals surface area contributed by atoms with Crippen LogP contribution in [0.3, 0.4) is 0 Å². The minimum atomic E-state index is -0.214. The van der Waals surface area contributed by atoms with Crippen molar-refractivity contribution in [3.8, 4) is 0 Å². The molecular formula is C18H25NO3S. The van der Waals surface area contributed by atoms with Gasteiger partial charge in [0, 0.05) is 24.4 Å². The summed E-state index contributed by atoms with van der Waals surface area (Å²) in [4.78, 5) is 14.9. The topological polar surface area (TPSA) is 38.8 Å². The van der Waals surface area contributed by atoms with Gasteiger partial charge in [-0.1, -0.05) is 18.2 Å². The molecule has 2 aliphatic rings. The van der Waals surface area contributed by atoms with E-state index in [-0.39, 0.29) is 18.0 Å². The summed E-state index contributed by atoms with van der Waals surface area (Å²) in [5.74, 6) is 0.739. The molecule has 2 aliphatic heterocycles. The minimum Gasteiger partial charge on any atom is -0.458 e. The minimum absolute atomic E-state index is 0.0433. The van der Waals surface area contributed by atoms with Crippen molar-refractivity contribution in [2.24, 2.45) is 5.92 Å². The van der Waals surface area contributed by atoms with E-state index < -0.39 is 0 Å². The van der Waals surface area contributed by atoms with Crippen molar-refractivity contribution >= 4 is 17.7 Å². The molecule has 0 saturated carbocycles. The number of carbonyl (C=O) groups is 1. The molecule has 0 N–H and O–H groups in total. The molecule has 5 heteroatoms. The number of piperidine rings is 1. The third-order valence-corrected chi connectivity index (χ3v) is 5.55. The lowest BCUT2D eigenvalue weighted by Crippen LogP contribution is -2.52. The zero-order valence-corrected chi connectivity index (χ0v) is 14.6. The fourth-order valence-corrected chi connectivity index (χ4v) is 4.20. The van der Waals surface area contributed by atoms with Gasteiger partial charge in [0.1, 0.15) is 6.10 Å². The molecule has 0 aromatic heterocycles. The standard InChI is InChI=1S/C18H25NO3S/c1-19-14-8-9-16(19)15(11-21-12-23-2)17(10-14)22-18(20)13-6-4-3-5-7-13/h3-7,14-17H,8-12H2,1-2H3/t14-,15?,16?,17+/m1/s1. The Hall–Kier alpha value is -1.04. The van der Waals surface area contributed by atoms with Gasteiger partial charge in [-0.05, 0) is 38.3 Å². The van der Waals surface area contributed by atoms with E-state index in [2.05, 4.69) is 11.9 Å². The summed E-state index contributed by atoms with van der Waals surface area (Å²) >= 11 is 1.68. The maximum absolute atomic E-state index is 12.4.